The molecule has 0 bridgehead atoms. The van der Waals surface area contributed by atoms with Gasteiger partial charge in [0.15, 0.2) is 5.16 Å². The van der Waals surface area contributed by atoms with Gasteiger partial charge in [0, 0.05) is 16.6 Å². The summed E-state index contributed by atoms with van der Waals surface area (Å²) in [6, 6.07) is 19.6. The Kier molecular flexibility index (Phi) is 6.74. The van der Waals surface area contributed by atoms with Gasteiger partial charge in [-0.1, -0.05) is 42.1 Å². The maximum atomic E-state index is 14.7. The highest BCUT2D eigenvalue weighted by Crippen LogP contribution is 2.27. The van der Waals surface area contributed by atoms with Crippen LogP contribution in [0.2, 0.25) is 0 Å². The van der Waals surface area contributed by atoms with Crippen molar-refractivity contribution in [1.29, 1.82) is 0 Å². The van der Waals surface area contributed by atoms with Crippen molar-refractivity contribution in [2.75, 3.05) is 17.7 Å². The van der Waals surface area contributed by atoms with Crippen molar-refractivity contribution in [3.05, 3.63) is 94.5 Å². The molecule has 2 heterocycles. The molecule has 0 aliphatic rings. The summed E-state index contributed by atoms with van der Waals surface area (Å²) >= 11 is 1.02. The number of para-hydroxylation sites is 2. The van der Waals surface area contributed by atoms with Crippen molar-refractivity contribution in [2.24, 2.45) is 0 Å². The quantitative estimate of drug-likeness (QED) is 0.181. The van der Waals surface area contributed by atoms with Crippen LogP contribution in [0, 0.1) is 5.82 Å². The van der Waals surface area contributed by atoms with Crippen LogP contribution >= 0.6 is 11.8 Å². The fourth-order valence-electron chi connectivity index (χ4n) is 3.92. The molecule has 8 nitrogen and oxygen atoms in total. The first-order valence-electron chi connectivity index (χ1n) is 11.4. The van der Waals surface area contributed by atoms with E-state index in [-0.39, 0.29) is 34.6 Å². The zero-order valence-corrected chi connectivity index (χ0v) is 20.5. The van der Waals surface area contributed by atoms with Crippen molar-refractivity contribution in [1.82, 2.24) is 14.5 Å². The first-order chi connectivity index (χ1) is 18.0. The van der Waals surface area contributed by atoms with Gasteiger partial charge < -0.3 is 15.0 Å². The predicted molar refractivity (Wildman–Crippen MR) is 141 cm³/mol. The van der Waals surface area contributed by atoms with Crippen LogP contribution in [0.15, 0.2) is 82.7 Å². The van der Waals surface area contributed by atoms with Crippen LogP contribution < -0.4 is 10.9 Å². The summed E-state index contributed by atoms with van der Waals surface area (Å²) in [4.78, 5) is 45.8. The number of rotatable bonds is 7. The van der Waals surface area contributed by atoms with Gasteiger partial charge in [-0.2, -0.15) is 0 Å². The molecule has 1 amide bonds. The second kappa shape index (κ2) is 10.3. The molecule has 0 radical (unpaired) electrons. The van der Waals surface area contributed by atoms with Crippen molar-refractivity contribution in [2.45, 2.75) is 12.1 Å². The van der Waals surface area contributed by atoms with E-state index in [9.17, 15) is 18.8 Å². The number of halogens is 1. The number of aromatic amines is 1. The lowest BCUT2D eigenvalue weighted by atomic mass is 10.2. The van der Waals surface area contributed by atoms with Gasteiger partial charge >= 0.3 is 5.97 Å². The van der Waals surface area contributed by atoms with E-state index in [0.717, 1.165) is 22.7 Å². The Hall–Kier alpha value is -4.44. The molecule has 37 heavy (non-hydrogen) atoms. The van der Waals surface area contributed by atoms with Crippen LogP contribution in [0.25, 0.3) is 27.6 Å². The number of H-pyrrole nitrogens is 1. The summed E-state index contributed by atoms with van der Waals surface area (Å²) in [5.41, 5.74) is 1.87. The van der Waals surface area contributed by atoms with E-state index in [4.69, 9.17) is 4.74 Å². The molecule has 5 rings (SSSR count). The molecular weight excluding hydrogens is 495 g/mol. The van der Waals surface area contributed by atoms with Gasteiger partial charge in [0.25, 0.3) is 5.56 Å². The molecule has 0 aliphatic heterocycles. The first kappa shape index (κ1) is 24.3. The van der Waals surface area contributed by atoms with Gasteiger partial charge in [0.2, 0.25) is 5.91 Å². The third-order valence-electron chi connectivity index (χ3n) is 5.60. The third-order valence-corrected chi connectivity index (χ3v) is 6.54. The number of fused-ring (bicyclic) bond motifs is 3. The monoisotopic (exact) mass is 516 g/mol. The van der Waals surface area contributed by atoms with E-state index >= 15 is 0 Å². The number of thioether (sulfide) groups is 1. The van der Waals surface area contributed by atoms with Gasteiger partial charge in [-0.25, -0.2) is 14.2 Å². The molecule has 2 aromatic heterocycles. The van der Waals surface area contributed by atoms with Gasteiger partial charge in [-0.3, -0.25) is 14.2 Å². The number of nitrogens with zero attached hydrogens (tertiary/aromatic N) is 2. The highest BCUT2D eigenvalue weighted by Gasteiger charge is 2.20. The van der Waals surface area contributed by atoms with Crippen molar-refractivity contribution >= 4 is 51.3 Å². The molecule has 10 heteroatoms. The van der Waals surface area contributed by atoms with Gasteiger partial charge in [-0.05, 0) is 49.4 Å². The number of aromatic nitrogens is 3. The lowest BCUT2D eigenvalue weighted by Gasteiger charge is -2.13. The second-order valence-corrected chi connectivity index (χ2v) is 8.96. The minimum Gasteiger partial charge on any atom is -0.462 e. The van der Waals surface area contributed by atoms with Crippen LogP contribution in [0.5, 0.6) is 0 Å². The molecule has 0 saturated carbocycles. The maximum absolute atomic E-state index is 14.7. The van der Waals surface area contributed by atoms with Crippen LogP contribution in [0.1, 0.15) is 17.3 Å². The standard InChI is InChI=1S/C27H21FN4O4S/c1-2-36-26(35)16-11-13-17(14-12-16)29-22(33)15-37-27-31-23-18-7-3-5-9-20(18)30-24(23)25(34)32(27)21-10-6-4-8-19(21)28/h3-14,30H,2,15H2,1H3,(H,29,33). The average Bonchev–Trinajstić information content (AvgIpc) is 3.28. The molecule has 0 aliphatic carbocycles. The summed E-state index contributed by atoms with van der Waals surface area (Å²) in [5, 5.41) is 3.68. The highest BCUT2D eigenvalue weighted by atomic mass is 32.2. The Morgan fingerprint density at radius 1 is 1.05 bits per heavy atom. The minimum absolute atomic E-state index is 0.0398. The average molecular weight is 517 g/mol. The minimum atomic E-state index is -0.588. The molecule has 0 saturated heterocycles. The largest absolute Gasteiger partial charge is 0.462 e. The zero-order chi connectivity index (χ0) is 25.9. The van der Waals surface area contributed by atoms with E-state index in [1.165, 1.54) is 22.8 Å². The number of amides is 1. The number of esters is 1. The van der Waals surface area contributed by atoms with Gasteiger partial charge in [0.1, 0.15) is 16.9 Å². The van der Waals surface area contributed by atoms with Crippen LogP contribution in [-0.4, -0.2) is 38.8 Å². The molecule has 0 fully saturated rings. The van der Waals surface area contributed by atoms with Crippen molar-refractivity contribution in [3.8, 4) is 5.69 Å². The van der Waals surface area contributed by atoms with Gasteiger partial charge in [0.05, 0.1) is 23.6 Å². The molecule has 0 atom stereocenters. The first-order valence-corrected chi connectivity index (χ1v) is 12.4. The Bertz CT molecular complexity index is 1700. The van der Waals surface area contributed by atoms with E-state index < -0.39 is 17.3 Å². The molecule has 0 spiro atoms. The number of ether oxygens (including phenoxy) is 1. The summed E-state index contributed by atoms with van der Waals surface area (Å²) in [7, 11) is 0. The maximum Gasteiger partial charge on any atom is 0.338 e. The Morgan fingerprint density at radius 3 is 2.54 bits per heavy atom. The Balaban J connectivity index is 1.45. The number of nitrogens with one attached hydrogen (secondary N) is 2. The fourth-order valence-corrected chi connectivity index (χ4v) is 4.71. The molecule has 5 aromatic rings. The number of carbonyl (C=O) groups excluding carboxylic acids is 2. The SMILES string of the molecule is CCOC(=O)c1ccc(NC(=O)CSc2nc3c([nH]c4ccccc43)c(=O)n2-c2ccccc2F)cc1. The lowest BCUT2D eigenvalue weighted by Crippen LogP contribution is -2.23. The number of benzene rings is 3. The second-order valence-electron chi connectivity index (χ2n) is 8.02. The van der Waals surface area contributed by atoms with Crippen LogP contribution in [0.4, 0.5) is 10.1 Å². The highest BCUT2D eigenvalue weighted by molar-refractivity contribution is 7.99. The predicted octanol–water partition coefficient (Wildman–Crippen LogP) is 4.91. The number of hydrogen-bond acceptors (Lipinski definition) is 6. The fraction of sp³-hybridized carbons (Fsp3) is 0.111. The summed E-state index contributed by atoms with van der Waals surface area (Å²) in [5.74, 6) is -1.48. The molecule has 2 N–H and O–H groups in total. The summed E-state index contributed by atoms with van der Waals surface area (Å²) < 4.78 is 20.9. The number of anilines is 1. The van der Waals surface area contributed by atoms with E-state index in [2.05, 4.69) is 15.3 Å². The van der Waals surface area contributed by atoms with E-state index in [1.54, 1.807) is 37.3 Å². The van der Waals surface area contributed by atoms with Crippen molar-refractivity contribution < 1.29 is 18.7 Å². The zero-order valence-electron chi connectivity index (χ0n) is 19.7. The number of carbonyl (C=O) groups is 2. The van der Waals surface area contributed by atoms with E-state index in [0.29, 0.717) is 16.8 Å². The number of hydrogen-bond donors (Lipinski definition) is 2. The smallest absolute Gasteiger partial charge is 0.338 e. The van der Waals surface area contributed by atoms with E-state index in [1.807, 2.05) is 24.3 Å². The molecule has 0 unspecified atom stereocenters. The topological polar surface area (TPSA) is 106 Å². The van der Waals surface area contributed by atoms with Crippen molar-refractivity contribution in [3.63, 3.8) is 0 Å². The normalized spacial score (nSPS) is 11.1. The molecular formula is C27H21FN4O4S. The molecule has 3 aromatic carbocycles. The lowest BCUT2D eigenvalue weighted by molar-refractivity contribution is -0.113. The van der Waals surface area contributed by atoms with Crippen LogP contribution in [0.3, 0.4) is 0 Å². The summed E-state index contributed by atoms with van der Waals surface area (Å²) in [6.07, 6.45) is 0. The summed E-state index contributed by atoms with van der Waals surface area (Å²) in [6.45, 7) is 1.99. The Morgan fingerprint density at radius 2 is 1.78 bits per heavy atom. The Labute approximate surface area is 214 Å². The molecule has 186 valence electrons. The third kappa shape index (κ3) is 4.83. The van der Waals surface area contributed by atoms with Crippen LogP contribution in [-0.2, 0) is 9.53 Å². The van der Waals surface area contributed by atoms with Gasteiger partial charge in [-0.15, -0.1) is 0 Å².